The van der Waals surface area contributed by atoms with Crippen LogP contribution in [0, 0.1) is 0 Å². The lowest BCUT2D eigenvalue weighted by atomic mass is 9.82. The Kier molecular flexibility index (Phi) is 5.47. The van der Waals surface area contributed by atoms with Gasteiger partial charge < -0.3 is 14.7 Å². The van der Waals surface area contributed by atoms with Crippen LogP contribution in [0.1, 0.15) is 62.0 Å². The molecule has 2 atom stereocenters. The topological polar surface area (TPSA) is 49.8 Å². The number of benzene rings is 2. The second kappa shape index (κ2) is 8.27. The fraction of sp³-hybridized carbons (Fsp3) is 0.500. The van der Waals surface area contributed by atoms with Crippen LogP contribution in [0.4, 0.5) is 9.18 Å². The van der Waals surface area contributed by atoms with Gasteiger partial charge in [0.2, 0.25) is 0 Å². The second-order valence-electron chi connectivity index (χ2n) is 9.37. The van der Waals surface area contributed by atoms with Crippen LogP contribution in [0.2, 0.25) is 0 Å². The monoisotopic (exact) mass is 423 g/mol. The number of fused-ring (bicyclic) bond motifs is 5. The number of rotatable bonds is 6. The van der Waals surface area contributed by atoms with E-state index in [9.17, 15) is 14.3 Å². The molecular formula is C26H30FNO3. The predicted molar refractivity (Wildman–Crippen MR) is 118 cm³/mol. The number of carbonyl (C=O) groups excluding carboxylic acids is 1. The number of carbonyl (C=O) groups is 1. The highest BCUT2D eigenvalue weighted by atomic mass is 19.1. The largest absolute Gasteiger partial charge is 0.448 e. The lowest BCUT2D eigenvalue weighted by Crippen LogP contribution is -2.53. The van der Waals surface area contributed by atoms with Crippen LogP contribution in [-0.2, 0) is 4.74 Å². The summed E-state index contributed by atoms with van der Waals surface area (Å²) in [4.78, 5) is 15.0. The first-order chi connectivity index (χ1) is 15.1. The molecule has 5 rings (SSSR count). The van der Waals surface area contributed by atoms with Gasteiger partial charge in [-0.3, -0.25) is 4.39 Å². The van der Waals surface area contributed by atoms with E-state index in [1.165, 1.54) is 22.3 Å². The molecule has 2 bridgehead atoms. The third-order valence-electron chi connectivity index (χ3n) is 7.42. The van der Waals surface area contributed by atoms with Gasteiger partial charge in [0.15, 0.2) is 0 Å². The van der Waals surface area contributed by atoms with Crippen molar-refractivity contribution in [2.75, 3.05) is 13.3 Å². The van der Waals surface area contributed by atoms with E-state index >= 15 is 0 Å². The number of halogens is 1. The van der Waals surface area contributed by atoms with Crippen molar-refractivity contribution in [1.82, 2.24) is 4.90 Å². The van der Waals surface area contributed by atoms with E-state index in [1.54, 1.807) is 0 Å². The number of hydrogen-bond donors (Lipinski definition) is 1. The number of alkyl halides is 1. The number of unbranched alkanes of at least 4 members (excludes halogenated alkanes) is 1. The summed E-state index contributed by atoms with van der Waals surface area (Å²) in [5, 5.41) is 11.0. The minimum absolute atomic E-state index is 0.0183. The summed E-state index contributed by atoms with van der Waals surface area (Å²) in [5.41, 5.74) is 4.08. The molecule has 1 amide bonds. The zero-order valence-electron chi connectivity index (χ0n) is 17.8. The summed E-state index contributed by atoms with van der Waals surface area (Å²) >= 11 is 0. The van der Waals surface area contributed by atoms with Crippen LogP contribution >= 0.6 is 0 Å². The summed E-state index contributed by atoms with van der Waals surface area (Å²) in [6.45, 7) is -0.0155. The van der Waals surface area contributed by atoms with Crippen molar-refractivity contribution in [2.24, 2.45) is 0 Å². The Morgan fingerprint density at radius 1 is 1.00 bits per heavy atom. The molecule has 2 aromatic rings. The highest BCUT2D eigenvalue weighted by Crippen LogP contribution is 2.46. The van der Waals surface area contributed by atoms with Gasteiger partial charge in [0.1, 0.15) is 6.61 Å². The smallest absolute Gasteiger partial charge is 0.410 e. The first kappa shape index (κ1) is 20.5. The molecule has 2 aliphatic heterocycles. The molecule has 1 aliphatic carbocycles. The van der Waals surface area contributed by atoms with E-state index in [0.717, 1.165) is 12.8 Å². The van der Waals surface area contributed by atoms with Crippen molar-refractivity contribution >= 4 is 6.09 Å². The molecule has 2 heterocycles. The average Bonchev–Trinajstić information content (AvgIpc) is 3.25. The number of piperidine rings is 1. The summed E-state index contributed by atoms with van der Waals surface area (Å²) < 4.78 is 18.3. The molecule has 5 heteroatoms. The van der Waals surface area contributed by atoms with Crippen molar-refractivity contribution < 1.29 is 19.0 Å². The number of nitrogens with zero attached hydrogens (tertiary/aromatic N) is 1. The Bertz CT molecular complexity index is 902. The number of ether oxygens (including phenoxy) is 1. The van der Waals surface area contributed by atoms with Crippen molar-refractivity contribution in [2.45, 2.75) is 68.5 Å². The Balaban J connectivity index is 1.26. The summed E-state index contributed by atoms with van der Waals surface area (Å²) in [6, 6.07) is 16.7. The summed E-state index contributed by atoms with van der Waals surface area (Å²) in [7, 11) is 0. The zero-order chi connectivity index (χ0) is 21.4. The maximum atomic E-state index is 13.1. The van der Waals surface area contributed by atoms with E-state index in [1.807, 2.05) is 29.2 Å². The van der Waals surface area contributed by atoms with Crippen LogP contribution in [0.15, 0.2) is 48.5 Å². The van der Waals surface area contributed by atoms with E-state index in [2.05, 4.69) is 24.3 Å². The Hall–Kier alpha value is -2.40. The maximum absolute atomic E-state index is 13.1. The van der Waals surface area contributed by atoms with Gasteiger partial charge >= 0.3 is 6.09 Å². The SMILES string of the molecule is O=C(OCC1c2ccccc2-c2ccccc21)N1C2CCC1CC(O)(CCCCF)C2. The number of aliphatic hydroxyl groups is 1. The highest BCUT2D eigenvalue weighted by Gasteiger charge is 2.49. The van der Waals surface area contributed by atoms with Gasteiger partial charge in [-0.25, -0.2) is 4.79 Å². The van der Waals surface area contributed by atoms with Crippen molar-refractivity contribution in [3.63, 3.8) is 0 Å². The Morgan fingerprint density at radius 2 is 1.58 bits per heavy atom. The molecule has 3 aliphatic rings. The fourth-order valence-electron chi connectivity index (χ4n) is 6.04. The highest BCUT2D eigenvalue weighted by molar-refractivity contribution is 5.79. The van der Waals surface area contributed by atoms with E-state index in [-0.39, 0.29) is 30.8 Å². The molecule has 2 saturated heterocycles. The van der Waals surface area contributed by atoms with Crippen LogP contribution in [0.25, 0.3) is 11.1 Å². The molecule has 2 unspecified atom stereocenters. The van der Waals surface area contributed by atoms with Gasteiger partial charge in [-0.1, -0.05) is 48.5 Å². The van der Waals surface area contributed by atoms with Crippen molar-refractivity contribution in [3.05, 3.63) is 59.7 Å². The fourth-order valence-corrected chi connectivity index (χ4v) is 6.04. The van der Waals surface area contributed by atoms with E-state index < -0.39 is 5.60 Å². The molecule has 164 valence electrons. The molecule has 4 nitrogen and oxygen atoms in total. The average molecular weight is 424 g/mol. The van der Waals surface area contributed by atoms with Gasteiger partial charge in [0.25, 0.3) is 0 Å². The summed E-state index contributed by atoms with van der Waals surface area (Å²) in [5.74, 6) is 0.0522. The van der Waals surface area contributed by atoms with Crippen molar-refractivity contribution in [3.8, 4) is 11.1 Å². The van der Waals surface area contributed by atoms with Gasteiger partial charge in [-0.2, -0.15) is 0 Å². The normalized spacial score (nSPS) is 26.6. The van der Waals surface area contributed by atoms with Crippen LogP contribution < -0.4 is 0 Å². The van der Waals surface area contributed by atoms with Gasteiger partial charge in [-0.15, -0.1) is 0 Å². The predicted octanol–water partition coefficient (Wildman–Crippen LogP) is 5.43. The number of amides is 1. The second-order valence-corrected chi connectivity index (χ2v) is 9.37. The maximum Gasteiger partial charge on any atom is 0.410 e. The van der Waals surface area contributed by atoms with Crippen LogP contribution in [0.3, 0.4) is 0 Å². The molecular weight excluding hydrogens is 393 g/mol. The van der Waals surface area contributed by atoms with E-state index in [0.29, 0.717) is 38.7 Å². The lowest BCUT2D eigenvalue weighted by Gasteiger charge is -2.43. The molecule has 0 aromatic heterocycles. The van der Waals surface area contributed by atoms with Gasteiger partial charge in [0.05, 0.1) is 12.3 Å². The third kappa shape index (κ3) is 3.73. The quantitative estimate of drug-likeness (QED) is 0.630. The van der Waals surface area contributed by atoms with Gasteiger partial charge in [-0.05, 0) is 67.2 Å². The minimum atomic E-state index is -0.777. The Morgan fingerprint density at radius 3 is 2.16 bits per heavy atom. The molecule has 0 saturated carbocycles. The minimum Gasteiger partial charge on any atom is -0.448 e. The molecule has 31 heavy (non-hydrogen) atoms. The number of hydrogen-bond acceptors (Lipinski definition) is 3. The molecule has 2 fully saturated rings. The van der Waals surface area contributed by atoms with Crippen LogP contribution in [0.5, 0.6) is 0 Å². The summed E-state index contributed by atoms with van der Waals surface area (Å²) in [6.07, 6.45) is 4.48. The van der Waals surface area contributed by atoms with Crippen molar-refractivity contribution in [1.29, 1.82) is 0 Å². The standard InChI is InChI=1S/C26H30FNO3/c27-14-6-5-13-26(30)15-18-11-12-19(16-26)28(18)25(29)31-17-24-22-9-3-1-7-20(22)21-8-2-4-10-23(21)24/h1-4,7-10,18-19,24,30H,5-6,11-17H2. The van der Waals surface area contributed by atoms with Crippen LogP contribution in [-0.4, -0.2) is 47.1 Å². The van der Waals surface area contributed by atoms with E-state index in [4.69, 9.17) is 4.74 Å². The zero-order valence-corrected chi connectivity index (χ0v) is 17.8. The molecule has 0 spiro atoms. The Labute approximate surface area is 183 Å². The first-order valence-electron chi connectivity index (χ1n) is 11.5. The third-order valence-corrected chi connectivity index (χ3v) is 7.42. The molecule has 0 radical (unpaired) electrons. The molecule has 1 N–H and O–H groups in total. The first-order valence-corrected chi connectivity index (χ1v) is 11.5. The molecule has 2 aromatic carbocycles. The lowest BCUT2D eigenvalue weighted by molar-refractivity contribution is -0.0549. The van der Waals surface area contributed by atoms with Gasteiger partial charge in [0, 0.05) is 18.0 Å².